The Balaban J connectivity index is 1.12. The molecule has 1 aromatic carbocycles. The third kappa shape index (κ3) is 5.16. The van der Waals surface area contributed by atoms with E-state index in [-0.39, 0.29) is 11.7 Å². The van der Waals surface area contributed by atoms with Crippen LogP contribution in [0.3, 0.4) is 0 Å². The quantitative estimate of drug-likeness (QED) is 0.510. The fourth-order valence-electron chi connectivity index (χ4n) is 4.64. The number of carbonyl (C=O) groups is 1. The van der Waals surface area contributed by atoms with Crippen molar-refractivity contribution in [3.63, 3.8) is 0 Å². The maximum atomic E-state index is 14.6. The van der Waals surface area contributed by atoms with E-state index >= 15 is 0 Å². The molecule has 0 radical (unpaired) electrons. The zero-order valence-electron chi connectivity index (χ0n) is 19.1. The molecule has 0 saturated carbocycles. The number of ether oxygens (including phenoxy) is 1. The fourth-order valence-corrected chi connectivity index (χ4v) is 5.40. The number of carbonyl (C=O) groups excluding carboxylic acids is 1. The number of hydrogen-bond donors (Lipinski definition) is 2. The lowest BCUT2D eigenvalue weighted by Gasteiger charge is -2.18. The van der Waals surface area contributed by atoms with Gasteiger partial charge in [0.25, 0.3) is 0 Å². The molecule has 1 amide bonds. The highest BCUT2D eigenvalue weighted by Gasteiger charge is 2.23. The first-order valence-electron chi connectivity index (χ1n) is 11.6. The SMILES string of the molecule is COc1ccc2ncc(F)c(CCN3CC[C@@H](CNCc4ccc5c(n4)NC(=O)CS5)C3)c2c1. The largest absolute Gasteiger partial charge is 0.497 e. The highest BCUT2D eigenvalue weighted by molar-refractivity contribution is 8.00. The lowest BCUT2D eigenvalue weighted by atomic mass is 10.0. The molecule has 1 atom stereocenters. The molecule has 3 aromatic rings. The Kier molecular flexibility index (Phi) is 6.94. The Bertz CT molecular complexity index is 1210. The molecule has 1 saturated heterocycles. The number of aromatic nitrogens is 2. The number of likely N-dealkylation sites (tertiary alicyclic amines) is 1. The number of amides is 1. The smallest absolute Gasteiger partial charge is 0.235 e. The minimum Gasteiger partial charge on any atom is -0.497 e. The molecule has 2 aliphatic heterocycles. The van der Waals surface area contributed by atoms with Crippen molar-refractivity contribution in [1.82, 2.24) is 20.2 Å². The van der Waals surface area contributed by atoms with Gasteiger partial charge in [0.2, 0.25) is 5.91 Å². The molecule has 0 aliphatic carbocycles. The summed E-state index contributed by atoms with van der Waals surface area (Å²) in [6, 6.07) is 9.64. The van der Waals surface area contributed by atoms with Crippen LogP contribution in [0.5, 0.6) is 5.75 Å². The predicted molar refractivity (Wildman–Crippen MR) is 132 cm³/mol. The second-order valence-corrected chi connectivity index (χ2v) is 9.81. The van der Waals surface area contributed by atoms with Crippen LogP contribution in [-0.4, -0.2) is 59.8 Å². The van der Waals surface area contributed by atoms with Gasteiger partial charge >= 0.3 is 0 Å². The third-order valence-corrected chi connectivity index (χ3v) is 7.50. The summed E-state index contributed by atoms with van der Waals surface area (Å²) in [6.45, 7) is 4.39. The standard InChI is InChI=1S/C25H28FN5O2S/c1-33-18-3-4-22-20(10-18)19(21(26)13-28-22)7-9-31-8-6-16(14-31)11-27-12-17-2-5-23-25(29-17)30-24(32)15-34-23/h2-5,10,13,16,27H,6-9,11-12,14-15H2,1H3,(H,29,30,32)/t16-/m0/s1. The van der Waals surface area contributed by atoms with E-state index in [1.54, 1.807) is 7.11 Å². The summed E-state index contributed by atoms with van der Waals surface area (Å²) in [6.07, 6.45) is 3.07. The van der Waals surface area contributed by atoms with Crippen molar-refractivity contribution in [2.45, 2.75) is 24.3 Å². The molecule has 2 N–H and O–H groups in total. The molecule has 1 fully saturated rings. The van der Waals surface area contributed by atoms with Gasteiger partial charge in [0, 0.05) is 30.6 Å². The molecule has 2 aliphatic rings. The van der Waals surface area contributed by atoms with Crippen LogP contribution in [0.15, 0.2) is 41.4 Å². The Morgan fingerprint density at radius 3 is 3.12 bits per heavy atom. The lowest BCUT2D eigenvalue weighted by molar-refractivity contribution is -0.113. The van der Waals surface area contributed by atoms with E-state index in [0.29, 0.717) is 41.8 Å². The fraction of sp³-hybridized carbons (Fsp3) is 0.400. The van der Waals surface area contributed by atoms with Gasteiger partial charge in [-0.1, -0.05) is 0 Å². The Morgan fingerprint density at radius 1 is 1.32 bits per heavy atom. The average molecular weight is 482 g/mol. The number of benzene rings is 1. The topological polar surface area (TPSA) is 79.4 Å². The van der Waals surface area contributed by atoms with E-state index < -0.39 is 0 Å². The number of rotatable bonds is 8. The van der Waals surface area contributed by atoms with E-state index in [1.807, 2.05) is 30.3 Å². The van der Waals surface area contributed by atoms with Crippen molar-refractivity contribution in [3.8, 4) is 5.75 Å². The summed E-state index contributed by atoms with van der Waals surface area (Å²) >= 11 is 1.52. The normalized spacial score (nSPS) is 18.2. The molecule has 2 aromatic heterocycles. The van der Waals surface area contributed by atoms with E-state index in [0.717, 1.165) is 54.1 Å². The molecule has 4 heterocycles. The first-order valence-corrected chi connectivity index (χ1v) is 12.5. The summed E-state index contributed by atoms with van der Waals surface area (Å²) < 4.78 is 19.9. The summed E-state index contributed by atoms with van der Waals surface area (Å²) in [5.74, 6) is 2.12. The zero-order chi connectivity index (χ0) is 23.5. The number of hydrogen-bond acceptors (Lipinski definition) is 7. The van der Waals surface area contributed by atoms with Gasteiger partial charge in [0.1, 0.15) is 17.4 Å². The third-order valence-electron chi connectivity index (χ3n) is 6.45. The van der Waals surface area contributed by atoms with Gasteiger partial charge in [0.05, 0.1) is 35.2 Å². The van der Waals surface area contributed by atoms with Gasteiger partial charge in [-0.15, -0.1) is 11.8 Å². The monoisotopic (exact) mass is 481 g/mol. The van der Waals surface area contributed by atoms with Crippen LogP contribution in [0.2, 0.25) is 0 Å². The van der Waals surface area contributed by atoms with Crippen molar-refractivity contribution in [2.24, 2.45) is 5.92 Å². The number of anilines is 1. The van der Waals surface area contributed by atoms with Gasteiger partial charge in [-0.2, -0.15) is 0 Å². The molecule has 9 heteroatoms. The average Bonchev–Trinajstić information content (AvgIpc) is 3.30. The van der Waals surface area contributed by atoms with Crippen molar-refractivity contribution in [3.05, 3.63) is 53.6 Å². The van der Waals surface area contributed by atoms with Gasteiger partial charge < -0.3 is 20.3 Å². The van der Waals surface area contributed by atoms with E-state index in [9.17, 15) is 9.18 Å². The van der Waals surface area contributed by atoms with Crippen LogP contribution in [0, 0.1) is 11.7 Å². The first kappa shape index (κ1) is 23.0. The van der Waals surface area contributed by atoms with Gasteiger partial charge in [-0.25, -0.2) is 9.37 Å². The van der Waals surface area contributed by atoms with Crippen LogP contribution in [0.25, 0.3) is 10.9 Å². The second-order valence-electron chi connectivity index (χ2n) is 8.79. The van der Waals surface area contributed by atoms with Gasteiger partial charge in [-0.3, -0.25) is 9.78 Å². The van der Waals surface area contributed by atoms with Crippen LogP contribution in [-0.2, 0) is 17.8 Å². The van der Waals surface area contributed by atoms with E-state index in [1.165, 1.54) is 18.0 Å². The van der Waals surface area contributed by atoms with Crippen molar-refractivity contribution < 1.29 is 13.9 Å². The number of pyridine rings is 2. The molecular weight excluding hydrogens is 453 g/mol. The van der Waals surface area contributed by atoms with Crippen LogP contribution in [0.4, 0.5) is 10.2 Å². The number of nitrogens with zero attached hydrogens (tertiary/aromatic N) is 3. The second kappa shape index (κ2) is 10.2. The molecular formula is C25H28FN5O2S. The first-order chi connectivity index (χ1) is 16.6. The van der Waals surface area contributed by atoms with Gasteiger partial charge in [0.15, 0.2) is 0 Å². The summed E-state index contributed by atoms with van der Waals surface area (Å²) in [7, 11) is 1.62. The lowest BCUT2D eigenvalue weighted by Crippen LogP contribution is -2.28. The van der Waals surface area contributed by atoms with E-state index in [4.69, 9.17) is 4.74 Å². The minimum absolute atomic E-state index is 0.0000574. The molecule has 0 bridgehead atoms. The molecule has 0 unspecified atom stereocenters. The highest BCUT2D eigenvalue weighted by atomic mass is 32.2. The molecule has 34 heavy (non-hydrogen) atoms. The number of methoxy groups -OCH3 is 1. The number of thioether (sulfide) groups is 1. The molecule has 7 nitrogen and oxygen atoms in total. The Morgan fingerprint density at radius 2 is 2.24 bits per heavy atom. The van der Waals surface area contributed by atoms with Crippen molar-refractivity contribution in [1.29, 1.82) is 0 Å². The maximum absolute atomic E-state index is 14.6. The summed E-state index contributed by atoms with van der Waals surface area (Å²) in [5, 5.41) is 7.18. The number of fused-ring (bicyclic) bond motifs is 2. The zero-order valence-corrected chi connectivity index (χ0v) is 20.0. The van der Waals surface area contributed by atoms with E-state index in [2.05, 4.69) is 25.5 Å². The van der Waals surface area contributed by atoms with Crippen LogP contribution < -0.4 is 15.4 Å². The van der Waals surface area contributed by atoms with Gasteiger partial charge in [-0.05, 0) is 62.2 Å². The summed E-state index contributed by atoms with van der Waals surface area (Å²) in [4.78, 5) is 23.8. The summed E-state index contributed by atoms with van der Waals surface area (Å²) in [5.41, 5.74) is 2.41. The van der Waals surface area contributed by atoms with Crippen LogP contribution in [0.1, 0.15) is 17.7 Å². The highest BCUT2D eigenvalue weighted by Crippen LogP contribution is 2.30. The molecule has 5 rings (SSSR count). The predicted octanol–water partition coefficient (Wildman–Crippen LogP) is 3.48. The van der Waals surface area contributed by atoms with Crippen molar-refractivity contribution in [2.75, 3.05) is 44.4 Å². The molecule has 0 spiro atoms. The minimum atomic E-state index is -0.259. The number of nitrogens with one attached hydrogen (secondary N) is 2. The number of halogens is 1. The maximum Gasteiger partial charge on any atom is 0.235 e. The molecule has 178 valence electrons. The Hall–Kier alpha value is -2.75. The van der Waals surface area contributed by atoms with Crippen LogP contribution >= 0.6 is 11.8 Å². The van der Waals surface area contributed by atoms with Crippen molar-refractivity contribution >= 4 is 34.4 Å². The Labute approximate surface area is 202 Å².